The monoisotopic (exact) mass is 421 g/mol. The van der Waals surface area contributed by atoms with E-state index in [2.05, 4.69) is 87.3 Å². The lowest BCUT2D eigenvalue weighted by molar-refractivity contribution is 0.905. The number of aryl methyl sites for hydroxylation is 1. The predicted octanol–water partition coefficient (Wildman–Crippen LogP) is 5.60. The maximum atomic E-state index is 3.57. The summed E-state index contributed by atoms with van der Waals surface area (Å²) in [5, 5.41) is 5.69. The Kier molecular flexibility index (Phi) is 4.49. The summed E-state index contributed by atoms with van der Waals surface area (Å²) in [6.45, 7) is 4.33. The minimum Gasteiger partial charge on any atom is -0.377 e. The summed E-state index contributed by atoms with van der Waals surface area (Å²) in [4.78, 5) is 1.34. The van der Waals surface area contributed by atoms with Gasteiger partial charge in [0.05, 0.1) is 6.04 Å². The molecule has 2 rings (SSSR count). The fraction of sp³-hybridized carbons (Fsp3) is 0.231. The molecule has 0 aliphatic carbocycles. The first-order chi connectivity index (χ1) is 8.06. The zero-order valence-corrected chi connectivity index (χ0v) is 14.2. The van der Waals surface area contributed by atoms with Gasteiger partial charge < -0.3 is 5.32 Å². The molecule has 4 heteroatoms. The minimum atomic E-state index is 0.336. The first kappa shape index (κ1) is 13.4. The van der Waals surface area contributed by atoms with E-state index < -0.39 is 0 Å². The third kappa shape index (κ3) is 3.45. The molecule has 1 heterocycles. The summed E-state index contributed by atoms with van der Waals surface area (Å²) in [6.07, 6.45) is 0. The zero-order chi connectivity index (χ0) is 12.4. The quantitative estimate of drug-likeness (QED) is 0.636. The first-order valence-electron chi connectivity index (χ1n) is 5.33. The largest absolute Gasteiger partial charge is 0.377 e. The van der Waals surface area contributed by atoms with Crippen molar-refractivity contribution in [1.82, 2.24) is 0 Å². The van der Waals surface area contributed by atoms with Gasteiger partial charge in [0.2, 0.25) is 0 Å². The van der Waals surface area contributed by atoms with Gasteiger partial charge in [-0.2, -0.15) is 0 Å². The van der Waals surface area contributed by atoms with Gasteiger partial charge in [-0.15, -0.1) is 11.3 Å². The number of hydrogen-bond donors (Lipinski definition) is 1. The van der Waals surface area contributed by atoms with Gasteiger partial charge in [-0.3, -0.25) is 0 Å². The Hall–Kier alpha value is -0.0700. The molecule has 90 valence electrons. The van der Waals surface area contributed by atoms with Crippen molar-refractivity contribution >= 4 is 55.5 Å². The molecule has 1 N–H and O–H groups in total. The van der Waals surface area contributed by atoms with Crippen LogP contribution in [0.5, 0.6) is 0 Å². The van der Waals surface area contributed by atoms with Crippen molar-refractivity contribution in [3.05, 3.63) is 48.1 Å². The molecule has 1 aromatic carbocycles. The summed E-state index contributed by atoms with van der Waals surface area (Å²) in [6, 6.07) is 8.98. The fourth-order valence-corrected chi connectivity index (χ4v) is 3.55. The number of halogens is 2. The average Bonchev–Trinajstić information content (AvgIpc) is 2.70. The number of hydrogen-bond acceptors (Lipinski definition) is 2. The minimum absolute atomic E-state index is 0.336. The van der Waals surface area contributed by atoms with Crippen LogP contribution in [0.2, 0.25) is 0 Å². The van der Waals surface area contributed by atoms with E-state index in [0.717, 1.165) is 4.47 Å². The highest BCUT2D eigenvalue weighted by molar-refractivity contribution is 14.1. The van der Waals surface area contributed by atoms with E-state index in [1.807, 2.05) is 0 Å². The van der Waals surface area contributed by atoms with E-state index in [4.69, 9.17) is 0 Å². The van der Waals surface area contributed by atoms with E-state index in [1.165, 1.54) is 19.7 Å². The van der Waals surface area contributed by atoms with Crippen LogP contribution in [0.3, 0.4) is 0 Å². The van der Waals surface area contributed by atoms with Crippen molar-refractivity contribution in [2.24, 2.45) is 0 Å². The smallest absolute Gasteiger partial charge is 0.0578 e. The SMILES string of the molecule is Cc1ccc(I)cc1NC(C)c1cc(Br)cs1. The van der Waals surface area contributed by atoms with Crippen LogP contribution in [0, 0.1) is 10.5 Å². The maximum Gasteiger partial charge on any atom is 0.0578 e. The van der Waals surface area contributed by atoms with Crippen LogP contribution < -0.4 is 5.32 Å². The van der Waals surface area contributed by atoms with Gasteiger partial charge in [-0.1, -0.05) is 6.07 Å². The molecule has 0 radical (unpaired) electrons. The third-order valence-corrected chi connectivity index (χ3v) is 5.13. The lowest BCUT2D eigenvalue weighted by Crippen LogP contribution is -2.06. The van der Waals surface area contributed by atoms with Gasteiger partial charge in [-0.25, -0.2) is 0 Å². The van der Waals surface area contributed by atoms with Crippen LogP contribution in [0.25, 0.3) is 0 Å². The Morgan fingerprint density at radius 1 is 1.35 bits per heavy atom. The molecule has 1 unspecified atom stereocenters. The van der Waals surface area contributed by atoms with Crippen LogP contribution >= 0.6 is 49.9 Å². The van der Waals surface area contributed by atoms with Crippen LogP contribution in [0.1, 0.15) is 23.4 Å². The second-order valence-corrected chi connectivity index (χ2v) is 7.10. The van der Waals surface area contributed by atoms with Crippen molar-refractivity contribution in [3.63, 3.8) is 0 Å². The maximum absolute atomic E-state index is 3.57. The molecule has 0 saturated heterocycles. The van der Waals surface area contributed by atoms with Gasteiger partial charge in [0.15, 0.2) is 0 Å². The van der Waals surface area contributed by atoms with Crippen molar-refractivity contribution in [1.29, 1.82) is 0 Å². The molecule has 0 spiro atoms. The molecule has 1 atom stereocenters. The standard InChI is InChI=1S/C13H13BrINS/c1-8-3-4-11(15)6-12(8)16-9(2)13-5-10(14)7-17-13/h3-7,9,16H,1-2H3. The molecular formula is C13H13BrINS. The number of rotatable bonds is 3. The molecule has 1 aromatic heterocycles. The Bertz CT molecular complexity index is 524. The van der Waals surface area contributed by atoms with Gasteiger partial charge >= 0.3 is 0 Å². The van der Waals surface area contributed by atoms with Gasteiger partial charge in [0.25, 0.3) is 0 Å². The number of thiophene rings is 1. The fourth-order valence-electron chi connectivity index (χ4n) is 1.61. The molecule has 0 aliphatic heterocycles. The summed E-state index contributed by atoms with van der Waals surface area (Å²) in [5.41, 5.74) is 2.50. The highest BCUT2D eigenvalue weighted by atomic mass is 127. The van der Waals surface area contributed by atoms with Crippen molar-refractivity contribution in [2.75, 3.05) is 5.32 Å². The van der Waals surface area contributed by atoms with Gasteiger partial charge in [0.1, 0.15) is 0 Å². The van der Waals surface area contributed by atoms with E-state index in [0.29, 0.717) is 6.04 Å². The molecule has 17 heavy (non-hydrogen) atoms. The predicted molar refractivity (Wildman–Crippen MR) is 88.0 cm³/mol. The Morgan fingerprint density at radius 3 is 2.76 bits per heavy atom. The summed E-state index contributed by atoms with van der Waals surface area (Å²) in [5.74, 6) is 0. The molecule has 0 amide bonds. The van der Waals surface area contributed by atoms with Crippen LogP contribution in [-0.4, -0.2) is 0 Å². The molecule has 0 bridgehead atoms. The van der Waals surface area contributed by atoms with Crippen LogP contribution in [-0.2, 0) is 0 Å². The van der Waals surface area contributed by atoms with E-state index in [1.54, 1.807) is 11.3 Å². The third-order valence-electron chi connectivity index (χ3n) is 2.59. The van der Waals surface area contributed by atoms with Gasteiger partial charge in [0, 0.05) is 24.0 Å². The van der Waals surface area contributed by atoms with Crippen molar-refractivity contribution in [2.45, 2.75) is 19.9 Å². The molecule has 0 aliphatic rings. The lowest BCUT2D eigenvalue weighted by Gasteiger charge is -2.16. The highest BCUT2D eigenvalue weighted by Gasteiger charge is 2.09. The lowest BCUT2D eigenvalue weighted by atomic mass is 10.2. The Balaban J connectivity index is 2.18. The number of benzene rings is 1. The van der Waals surface area contributed by atoms with Crippen LogP contribution in [0.4, 0.5) is 5.69 Å². The Labute approximate surface area is 128 Å². The van der Waals surface area contributed by atoms with Crippen LogP contribution in [0.15, 0.2) is 34.1 Å². The normalized spacial score (nSPS) is 12.5. The summed E-state index contributed by atoms with van der Waals surface area (Å²) < 4.78 is 2.42. The zero-order valence-electron chi connectivity index (χ0n) is 9.63. The number of nitrogens with one attached hydrogen (secondary N) is 1. The average molecular weight is 422 g/mol. The molecule has 0 fully saturated rings. The molecular weight excluding hydrogens is 409 g/mol. The topological polar surface area (TPSA) is 12.0 Å². The number of anilines is 1. The molecule has 1 nitrogen and oxygen atoms in total. The highest BCUT2D eigenvalue weighted by Crippen LogP contribution is 2.29. The Morgan fingerprint density at radius 2 is 2.12 bits per heavy atom. The van der Waals surface area contributed by atoms with Crippen molar-refractivity contribution < 1.29 is 0 Å². The van der Waals surface area contributed by atoms with E-state index in [-0.39, 0.29) is 0 Å². The van der Waals surface area contributed by atoms with E-state index >= 15 is 0 Å². The van der Waals surface area contributed by atoms with Gasteiger partial charge in [-0.05, 0) is 76.1 Å². The van der Waals surface area contributed by atoms with Crippen molar-refractivity contribution in [3.8, 4) is 0 Å². The summed E-state index contributed by atoms with van der Waals surface area (Å²) in [7, 11) is 0. The second kappa shape index (κ2) is 5.71. The molecule has 2 aromatic rings. The first-order valence-corrected chi connectivity index (χ1v) is 8.08. The molecule has 0 saturated carbocycles. The second-order valence-electron chi connectivity index (χ2n) is 3.99. The summed E-state index contributed by atoms with van der Waals surface area (Å²) >= 11 is 7.61. The van der Waals surface area contributed by atoms with E-state index in [9.17, 15) is 0 Å².